The number of hydrogen-bond donors (Lipinski definition) is 0. The quantitative estimate of drug-likeness (QED) is 0.313. The van der Waals surface area contributed by atoms with E-state index in [2.05, 4.69) is 28.2 Å². The third-order valence-electron chi connectivity index (χ3n) is 0. The van der Waals surface area contributed by atoms with Gasteiger partial charge in [0.15, 0.2) is 0 Å². The molecule has 0 spiro atoms. The van der Waals surface area contributed by atoms with Gasteiger partial charge in [-0.2, -0.15) is 0 Å². The third-order valence-corrected chi connectivity index (χ3v) is 0. The summed E-state index contributed by atoms with van der Waals surface area (Å²) in [4.78, 5) is 0. The van der Waals surface area contributed by atoms with Crippen molar-refractivity contribution in [2.24, 2.45) is 0 Å². The first-order valence-corrected chi connectivity index (χ1v) is 0.866. The van der Waals surface area contributed by atoms with Crippen LogP contribution in [-0.4, -0.2) is 0 Å². The Morgan fingerprint density at radius 3 is 1.25 bits per heavy atom. The van der Waals surface area contributed by atoms with Crippen LogP contribution >= 0.6 is 0 Å². The maximum atomic E-state index is 7.88. The van der Waals surface area contributed by atoms with Crippen molar-refractivity contribution in [1.29, 1.82) is 0 Å². The van der Waals surface area contributed by atoms with E-state index in [4.69, 9.17) is 3.90 Å². The van der Waals surface area contributed by atoms with Crippen LogP contribution in [0, 0.1) is 12.8 Å². The van der Waals surface area contributed by atoms with Gasteiger partial charge in [0.05, 0.1) is 0 Å². The topological polar surface area (TPSA) is 17.1 Å². The summed E-state index contributed by atoms with van der Waals surface area (Å²) >= 11 is 2.62. The molecule has 4 heavy (non-hydrogen) atoms. The fourth-order valence-corrected chi connectivity index (χ4v) is 0. The zero-order valence-corrected chi connectivity index (χ0v) is 2.87. The Kier molecular flexibility index (Phi) is 1040. The van der Waals surface area contributed by atoms with Gasteiger partial charge in [-0.15, -0.1) is 12.8 Å². The zero-order chi connectivity index (χ0) is 4.00. The van der Waals surface area contributed by atoms with Crippen molar-refractivity contribution < 1.29 is 19.3 Å². The molecule has 0 aliphatic rings. The Bertz CT molecular complexity index is 17.2. The summed E-state index contributed by atoms with van der Waals surface area (Å²) in [6, 6.07) is 0. The molecule has 0 bridgehead atoms. The molecule has 0 aromatic heterocycles. The fourth-order valence-electron chi connectivity index (χ4n) is 0. The summed E-state index contributed by atoms with van der Waals surface area (Å²) in [5.41, 5.74) is 0. The van der Waals surface area contributed by atoms with E-state index in [9.17, 15) is 0 Å². The van der Waals surface area contributed by atoms with Gasteiger partial charge in [0.2, 0.25) is 0 Å². The number of hydrogen-bond acceptors (Lipinski definition) is 1. The second-order valence-corrected chi connectivity index (χ2v) is 0. The van der Waals surface area contributed by atoms with Gasteiger partial charge in [-0.05, 0) is 0 Å². The number of terminal acetylenes is 1. The van der Waals surface area contributed by atoms with E-state index in [0.29, 0.717) is 0 Å². The van der Waals surface area contributed by atoms with E-state index in [1.807, 2.05) is 0 Å². The molecule has 0 aromatic carbocycles. The maximum absolute atomic E-state index is 7.88. The predicted molar refractivity (Wildman–Crippen MR) is 10.6 cm³/mol. The van der Waals surface area contributed by atoms with Gasteiger partial charge in [-0.25, -0.2) is 0 Å². The summed E-state index contributed by atoms with van der Waals surface area (Å²) in [5, 5.41) is 0. The minimum atomic E-state index is 2.62. The zero-order valence-electron chi connectivity index (χ0n) is 1.88. The Hall–Kier alpha value is -0.146. The summed E-state index contributed by atoms with van der Waals surface area (Å²) in [6.07, 6.45) is 8.00. The molecule has 0 fully saturated rings. The molecule has 0 amide bonds. The predicted octanol–water partition coefficient (Wildman–Crippen LogP) is 0.128. The molecule has 0 saturated heterocycles. The van der Waals surface area contributed by atoms with E-state index in [1.165, 1.54) is 0 Å². The molecule has 0 unspecified atom stereocenters. The Balaban J connectivity index is 0. The molecular formula is C2H2NiO. The van der Waals surface area contributed by atoms with Crippen LogP contribution in [0.3, 0.4) is 0 Å². The van der Waals surface area contributed by atoms with Crippen LogP contribution in [-0.2, 0) is 19.3 Å². The summed E-state index contributed by atoms with van der Waals surface area (Å²) in [7, 11) is 0. The van der Waals surface area contributed by atoms with Gasteiger partial charge in [0.1, 0.15) is 0 Å². The average Bonchev–Trinajstić information content (AvgIpc) is 1.50. The normalized spacial score (nSPS) is 2.00. The van der Waals surface area contributed by atoms with Crippen LogP contribution in [0.15, 0.2) is 0 Å². The van der Waals surface area contributed by atoms with E-state index >= 15 is 0 Å². The molecule has 0 radical (unpaired) electrons. The molecule has 0 N–H and O–H groups in total. The standard InChI is InChI=1S/C2H2.Ni.O/c1-2;;/h1-2H;;. The molecule has 1 nitrogen and oxygen atoms in total. The van der Waals surface area contributed by atoms with Crippen LogP contribution in [0.5, 0.6) is 0 Å². The van der Waals surface area contributed by atoms with Gasteiger partial charge in [-0.1, -0.05) is 0 Å². The van der Waals surface area contributed by atoms with E-state index in [-0.39, 0.29) is 0 Å². The molecule has 2 heteroatoms. The fraction of sp³-hybridized carbons (Fsp3) is 0. The summed E-state index contributed by atoms with van der Waals surface area (Å²) in [5.74, 6) is 0. The molecule has 0 rings (SSSR count). The SMILES string of the molecule is C#C.[O]=[Ni]. The molecule has 0 heterocycles. The first-order chi connectivity index (χ1) is 2.00. The van der Waals surface area contributed by atoms with Crippen molar-refractivity contribution in [1.82, 2.24) is 0 Å². The third kappa shape index (κ3) is 62.9. The van der Waals surface area contributed by atoms with Crippen LogP contribution in [0.2, 0.25) is 0 Å². The second kappa shape index (κ2) is 457. The molecular weight excluding hydrogens is 98.7 g/mol. The van der Waals surface area contributed by atoms with E-state index in [0.717, 1.165) is 0 Å². The molecule has 0 atom stereocenters. The van der Waals surface area contributed by atoms with Gasteiger partial charge in [0, 0.05) is 0 Å². The van der Waals surface area contributed by atoms with Crippen LogP contribution < -0.4 is 0 Å². The first kappa shape index (κ1) is 9.13. The van der Waals surface area contributed by atoms with E-state index in [1.54, 1.807) is 0 Å². The average molecular weight is 101 g/mol. The van der Waals surface area contributed by atoms with Crippen LogP contribution in [0.1, 0.15) is 0 Å². The van der Waals surface area contributed by atoms with Crippen molar-refractivity contribution >= 4 is 0 Å². The Labute approximate surface area is 33.0 Å². The van der Waals surface area contributed by atoms with Crippen LogP contribution in [0.4, 0.5) is 0 Å². The Morgan fingerprint density at radius 2 is 1.25 bits per heavy atom. The Morgan fingerprint density at radius 1 is 1.25 bits per heavy atom. The van der Waals surface area contributed by atoms with Crippen molar-refractivity contribution in [2.75, 3.05) is 0 Å². The van der Waals surface area contributed by atoms with Crippen molar-refractivity contribution in [2.45, 2.75) is 0 Å². The molecule has 26 valence electrons. The van der Waals surface area contributed by atoms with Crippen molar-refractivity contribution in [3.05, 3.63) is 0 Å². The summed E-state index contributed by atoms with van der Waals surface area (Å²) in [6.45, 7) is 0. The number of rotatable bonds is 0. The monoisotopic (exact) mass is 99.9 g/mol. The van der Waals surface area contributed by atoms with Gasteiger partial charge < -0.3 is 0 Å². The van der Waals surface area contributed by atoms with Crippen LogP contribution in [0.25, 0.3) is 0 Å². The van der Waals surface area contributed by atoms with Gasteiger partial charge >= 0.3 is 19.3 Å². The molecule has 0 aromatic rings. The van der Waals surface area contributed by atoms with Gasteiger partial charge in [0.25, 0.3) is 0 Å². The molecule has 0 saturated carbocycles. The van der Waals surface area contributed by atoms with Crippen molar-refractivity contribution in [3.8, 4) is 12.8 Å². The van der Waals surface area contributed by atoms with Gasteiger partial charge in [-0.3, -0.25) is 0 Å². The molecule has 0 aliphatic heterocycles. The second-order valence-electron chi connectivity index (χ2n) is 0. The van der Waals surface area contributed by atoms with E-state index < -0.39 is 0 Å². The van der Waals surface area contributed by atoms with Crippen molar-refractivity contribution in [3.63, 3.8) is 0 Å². The molecule has 0 aliphatic carbocycles. The summed E-state index contributed by atoms with van der Waals surface area (Å²) < 4.78 is 7.88. The minimum absolute atomic E-state index is 2.62. The first-order valence-electron chi connectivity index (χ1n) is 0.462.